The monoisotopic (exact) mass is 368 g/mol. The van der Waals surface area contributed by atoms with E-state index >= 15 is 0 Å². The minimum atomic E-state index is -3.98. The van der Waals surface area contributed by atoms with Gasteiger partial charge in [-0.25, -0.2) is 0 Å². The summed E-state index contributed by atoms with van der Waals surface area (Å²) in [6, 6.07) is 0. The molecule has 25 heavy (non-hydrogen) atoms. The molecule has 0 aromatic rings. The highest BCUT2D eigenvalue weighted by molar-refractivity contribution is 4.53. The Balaban J connectivity index is 3.01. The van der Waals surface area contributed by atoms with Gasteiger partial charge in [0, 0.05) is 26.2 Å². The van der Waals surface area contributed by atoms with Crippen LogP contribution in [0, 0.1) is 0 Å². The number of aliphatic hydroxyl groups is 1. The van der Waals surface area contributed by atoms with E-state index in [0.717, 1.165) is 32.3 Å². The summed E-state index contributed by atoms with van der Waals surface area (Å²) in [5.41, 5.74) is 0. The summed E-state index contributed by atoms with van der Waals surface area (Å²) in [6.45, 7) is 1.70. The molecule has 0 bridgehead atoms. The maximum Gasteiger partial charge on any atom is 0.389 e. The number of hydrogen-bond donors (Lipinski definition) is 1. The van der Waals surface area contributed by atoms with Crippen molar-refractivity contribution < 1.29 is 23.0 Å². The molecule has 0 saturated heterocycles. The molecule has 0 aliphatic heterocycles. The smallest absolute Gasteiger partial charge is 0.389 e. The molecule has 0 aromatic carbocycles. The van der Waals surface area contributed by atoms with Gasteiger partial charge in [0.05, 0.1) is 0 Å². The number of halogens is 3. The van der Waals surface area contributed by atoms with Gasteiger partial charge < -0.3 is 9.84 Å². The zero-order valence-electron chi connectivity index (χ0n) is 15.9. The van der Waals surface area contributed by atoms with Gasteiger partial charge in [-0.15, -0.1) is 0 Å². The lowest BCUT2D eigenvalue weighted by atomic mass is 10.0. The van der Waals surface area contributed by atoms with Crippen LogP contribution in [-0.2, 0) is 4.74 Å². The zero-order chi connectivity index (χ0) is 18.6. The first-order chi connectivity index (χ1) is 12.1. The minimum Gasteiger partial charge on any atom is -0.396 e. The predicted octanol–water partition coefficient (Wildman–Crippen LogP) is 6.80. The van der Waals surface area contributed by atoms with Gasteiger partial charge in [0.2, 0.25) is 0 Å². The molecule has 5 heteroatoms. The lowest BCUT2D eigenvalue weighted by molar-refractivity contribution is -0.135. The predicted molar refractivity (Wildman–Crippen MR) is 97.8 cm³/mol. The molecule has 0 heterocycles. The van der Waals surface area contributed by atoms with Gasteiger partial charge in [-0.1, -0.05) is 77.0 Å². The van der Waals surface area contributed by atoms with E-state index in [9.17, 15) is 13.2 Å². The van der Waals surface area contributed by atoms with Crippen molar-refractivity contribution in [2.45, 2.75) is 109 Å². The molecule has 1 N–H and O–H groups in total. The van der Waals surface area contributed by atoms with Crippen LogP contribution in [0.5, 0.6) is 0 Å². The second kappa shape index (κ2) is 18.5. The van der Waals surface area contributed by atoms with Crippen molar-refractivity contribution >= 4 is 0 Å². The Labute approximate surface area is 152 Å². The summed E-state index contributed by atoms with van der Waals surface area (Å²) in [7, 11) is 0. The summed E-state index contributed by atoms with van der Waals surface area (Å²) < 4.78 is 41.3. The van der Waals surface area contributed by atoms with Crippen LogP contribution in [0.25, 0.3) is 0 Å². The molecule has 2 nitrogen and oxygen atoms in total. The molecule has 0 saturated carbocycles. The largest absolute Gasteiger partial charge is 0.396 e. The molecule has 0 radical (unpaired) electrons. The average Bonchev–Trinajstić information content (AvgIpc) is 2.56. The van der Waals surface area contributed by atoms with Crippen molar-refractivity contribution in [1.82, 2.24) is 0 Å². The van der Waals surface area contributed by atoms with E-state index in [-0.39, 0.29) is 13.0 Å². The minimum absolute atomic E-state index is 0.210. The highest BCUT2D eigenvalue weighted by atomic mass is 19.4. The van der Waals surface area contributed by atoms with Crippen molar-refractivity contribution in [2.24, 2.45) is 0 Å². The van der Waals surface area contributed by atoms with Crippen LogP contribution in [0.15, 0.2) is 0 Å². The molecule has 152 valence electrons. The van der Waals surface area contributed by atoms with Gasteiger partial charge in [-0.3, -0.25) is 0 Å². The van der Waals surface area contributed by atoms with Crippen molar-refractivity contribution in [2.75, 3.05) is 19.8 Å². The first-order valence-electron chi connectivity index (χ1n) is 10.3. The van der Waals surface area contributed by atoms with Crippen molar-refractivity contribution in [3.8, 4) is 0 Å². The average molecular weight is 369 g/mol. The SMILES string of the molecule is OCCCOCCCCCCCCCCCCCCCCC(F)(F)F. The third-order valence-electron chi connectivity index (χ3n) is 4.45. The van der Waals surface area contributed by atoms with Crippen LogP contribution in [0.4, 0.5) is 13.2 Å². The number of aliphatic hydroxyl groups excluding tert-OH is 1. The van der Waals surface area contributed by atoms with Crippen LogP contribution in [0.1, 0.15) is 103 Å². The molecule has 0 atom stereocenters. The molecule has 0 unspecified atom stereocenters. The highest BCUT2D eigenvalue weighted by Crippen LogP contribution is 2.23. The van der Waals surface area contributed by atoms with E-state index in [2.05, 4.69) is 0 Å². The zero-order valence-corrected chi connectivity index (χ0v) is 15.9. The van der Waals surface area contributed by atoms with Crippen LogP contribution < -0.4 is 0 Å². The fourth-order valence-electron chi connectivity index (χ4n) is 2.92. The third-order valence-corrected chi connectivity index (χ3v) is 4.45. The summed E-state index contributed by atoms with van der Waals surface area (Å²) in [6.07, 6.45) is 11.7. The van der Waals surface area contributed by atoms with Crippen molar-refractivity contribution in [1.29, 1.82) is 0 Å². The third kappa shape index (κ3) is 23.7. The summed E-state index contributed by atoms with van der Waals surface area (Å²) >= 11 is 0. The number of unbranched alkanes of at least 4 members (excludes halogenated alkanes) is 13. The topological polar surface area (TPSA) is 29.5 Å². The van der Waals surface area contributed by atoms with Gasteiger partial charge in [0.1, 0.15) is 0 Å². The molecule has 0 aliphatic rings. The van der Waals surface area contributed by atoms with Crippen LogP contribution in [-0.4, -0.2) is 31.1 Å². The lowest BCUT2D eigenvalue weighted by Gasteiger charge is -2.06. The van der Waals surface area contributed by atoms with Crippen LogP contribution in [0.3, 0.4) is 0 Å². The Hall–Kier alpha value is -0.290. The van der Waals surface area contributed by atoms with E-state index in [4.69, 9.17) is 9.84 Å². The van der Waals surface area contributed by atoms with E-state index in [1.54, 1.807) is 0 Å². The van der Waals surface area contributed by atoms with Crippen LogP contribution in [0.2, 0.25) is 0 Å². The van der Waals surface area contributed by atoms with E-state index in [1.165, 1.54) is 57.8 Å². The molecular weight excluding hydrogens is 329 g/mol. The molecule has 0 aliphatic carbocycles. The Morgan fingerprint density at radius 1 is 0.520 bits per heavy atom. The van der Waals surface area contributed by atoms with Crippen molar-refractivity contribution in [3.63, 3.8) is 0 Å². The summed E-state index contributed by atoms with van der Waals surface area (Å²) in [5.74, 6) is 0. The number of hydrogen-bond acceptors (Lipinski definition) is 2. The molecule has 0 rings (SSSR count). The lowest BCUT2D eigenvalue weighted by Crippen LogP contribution is -2.06. The Kier molecular flexibility index (Phi) is 18.3. The Bertz CT molecular complexity index is 258. The summed E-state index contributed by atoms with van der Waals surface area (Å²) in [5, 5.41) is 8.61. The first-order valence-corrected chi connectivity index (χ1v) is 10.3. The normalized spacial score (nSPS) is 12.0. The fraction of sp³-hybridized carbons (Fsp3) is 1.00. The van der Waals surface area contributed by atoms with E-state index in [1.807, 2.05) is 0 Å². The van der Waals surface area contributed by atoms with Gasteiger partial charge in [-0.05, 0) is 19.3 Å². The van der Waals surface area contributed by atoms with E-state index < -0.39 is 12.6 Å². The maximum absolute atomic E-state index is 12.0. The van der Waals surface area contributed by atoms with Gasteiger partial charge in [0.15, 0.2) is 0 Å². The molecule has 0 fully saturated rings. The molecule has 0 aromatic heterocycles. The quantitative estimate of drug-likeness (QED) is 0.254. The number of ether oxygens (including phenoxy) is 1. The maximum atomic E-state index is 12.0. The molecular formula is C20H39F3O2. The number of rotatable bonds is 19. The van der Waals surface area contributed by atoms with Gasteiger partial charge in [0.25, 0.3) is 0 Å². The Morgan fingerprint density at radius 3 is 1.28 bits per heavy atom. The second-order valence-corrected chi connectivity index (χ2v) is 7.00. The molecule has 0 spiro atoms. The second-order valence-electron chi connectivity index (χ2n) is 7.00. The van der Waals surface area contributed by atoms with Crippen LogP contribution >= 0.6 is 0 Å². The van der Waals surface area contributed by atoms with Gasteiger partial charge in [-0.2, -0.15) is 13.2 Å². The summed E-state index contributed by atoms with van der Waals surface area (Å²) in [4.78, 5) is 0. The van der Waals surface area contributed by atoms with Crippen molar-refractivity contribution in [3.05, 3.63) is 0 Å². The first kappa shape index (κ1) is 24.7. The number of alkyl halides is 3. The Morgan fingerprint density at radius 2 is 0.880 bits per heavy atom. The van der Waals surface area contributed by atoms with Gasteiger partial charge >= 0.3 is 6.18 Å². The van der Waals surface area contributed by atoms with E-state index in [0.29, 0.717) is 13.0 Å². The fourth-order valence-corrected chi connectivity index (χ4v) is 2.92. The molecule has 0 amide bonds. The highest BCUT2D eigenvalue weighted by Gasteiger charge is 2.25. The standard InChI is InChI=1S/C20H39F3O2/c21-20(22,23)16-13-11-9-7-5-3-1-2-4-6-8-10-12-14-18-25-19-15-17-24/h24H,1-19H2.